The Kier molecular flexibility index (Phi) is 4.82. The fourth-order valence-corrected chi connectivity index (χ4v) is 4.66. The van der Waals surface area contributed by atoms with Crippen LogP contribution in [0.4, 0.5) is 0 Å². The number of nitrogen functional groups attached to an aromatic ring is 1. The molecule has 3 aromatic heterocycles. The number of ether oxygens (including phenoxy) is 1. The van der Waals surface area contributed by atoms with Crippen LogP contribution in [0.3, 0.4) is 0 Å². The number of fused-ring (bicyclic) bond motifs is 1. The van der Waals surface area contributed by atoms with Crippen molar-refractivity contribution in [2.24, 2.45) is 0 Å². The van der Waals surface area contributed by atoms with E-state index in [-0.39, 0.29) is 5.56 Å². The van der Waals surface area contributed by atoms with Crippen LogP contribution in [0, 0.1) is 13.8 Å². The van der Waals surface area contributed by atoms with E-state index in [0.29, 0.717) is 33.7 Å². The number of nitrogens with one attached hydrogen (secondary N) is 1. The quantitative estimate of drug-likeness (QED) is 0.381. The highest BCUT2D eigenvalue weighted by atomic mass is 32.2. The van der Waals surface area contributed by atoms with Gasteiger partial charge in [0.15, 0.2) is 5.82 Å². The number of aryl methyl sites for hydroxylation is 2. The van der Waals surface area contributed by atoms with Crippen molar-refractivity contribution < 1.29 is 4.74 Å². The van der Waals surface area contributed by atoms with Gasteiger partial charge in [-0.1, -0.05) is 23.9 Å². The molecule has 4 rings (SSSR count). The van der Waals surface area contributed by atoms with Gasteiger partial charge in [-0.2, -0.15) is 0 Å². The van der Waals surface area contributed by atoms with Crippen LogP contribution in [0.25, 0.3) is 21.6 Å². The summed E-state index contributed by atoms with van der Waals surface area (Å²) in [6, 6.07) is 7.47. The van der Waals surface area contributed by atoms with Crippen LogP contribution in [-0.4, -0.2) is 32.0 Å². The number of aromatic nitrogens is 5. The number of benzene rings is 1. The number of nitrogens with two attached hydrogens (primary N) is 1. The third-order valence-corrected chi connectivity index (χ3v) is 6.49. The summed E-state index contributed by atoms with van der Waals surface area (Å²) in [5, 5.41) is 9.53. The summed E-state index contributed by atoms with van der Waals surface area (Å²) >= 11 is 2.88. The highest BCUT2D eigenvalue weighted by Gasteiger charge is 2.17. The summed E-state index contributed by atoms with van der Waals surface area (Å²) in [4.78, 5) is 21.7. The lowest BCUT2D eigenvalue weighted by atomic mass is 10.2. The number of rotatable bonds is 5. The van der Waals surface area contributed by atoms with Crippen LogP contribution >= 0.6 is 23.1 Å². The zero-order valence-electron chi connectivity index (χ0n) is 15.5. The highest BCUT2D eigenvalue weighted by molar-refractivity contribution is 7.98. The molecule has 0 fully saturated rings. The minimum absolute atomic E-state index is 0.119. The lowest BCUT2D eigenvalue weighted by Crippen LogP contribution is -2.13. The van der Waals surface area contributed by atoms with E-state index in [9.17, 15) is 4.79 Å². The second kappa shape index (κ2) is 7.28. The number of H-pyrrole nitrogens is 1. The Balaban J connectivity index is 1.60. The van der Waals surface area contributed by atoms with E-state index in [0.717, 1.165) is 20.8 Å². The largest absolute Gasteiger partial charge is 0.496 e. The first-order valence-electron chi connectivity index (χ1n) is 8.45. The first-order valence-corrected chi connectivity index (χ1v) is 10.3. The fourth-order valence-electron chi connectivity index (χ4n) is 2.89. The number of thiophene rings is 1. The maximum Gasteiger partial charge on any atom is 0.259 e. The zero-order valence-corrected chi connectivity index (χ0v) is 17.1. The highest BCUT2D eigenvalue weighted by Crippen LogP contribution is 2.30. The molecule has 0 aliphatic heterocycles. The Morgan fingerprint density at radius 1 is 1.29 bits per heavy atom. The lowest BCUT2D eigenvalue weighted by molar-refractivity contribution is 0.416. The average molecular weight is 415 g/mol. The van der Waals surface area contributed by atoms with E-state index in [1.807, 2.05) is 38.1 Å². The van der Waals surface area contributed by atoms with Gasteiger partial charge in [0.05, 0.1) is 23.8 Å². The molecule has 3 heterocycles. The summed E-state index contributed by atoms with van der Waals surface area (Å²) in [6.07, 6.45) is 0. The monoisotopic (exact) mass is 414 g/mol. The lowest BCUT2D eigenvalue weighted by Gasteiger charge is -2.07. The van der Waals surface area contributed by atoms with Gasteiger partial charge in [0, 0.05) is 4.88 Å². The molecule has 0 amide bonds. The van der Waals surface area contributed by atoms with Gasteiger partial charge in [-0.15, -0.1) is 21.5 Å². The van der Waals surface area contributed by atoms with Gasteiger partial charge in [0.2, 0.25) is 5.16 Å². The Morgan fingerprint density at radius 2 is 2.07 bits per heavy atom. The van der Waals surface area contributed by atoms with Crippen molar-refractivity contribution in [2.45, 2.75) is 24.8 Å². The van der Waals surface area contributed by atoms with E-state index in [1.165, 1.54) is 27.8 Å². The summed E-state index contributed by atoms with van der Waals surface area (Å²) in [7, 11) is 1.60. The summed E-state index contributed by atoms with van der Waals surface area (Å²) < 4.78 is 6.78. The molecule has 0 atom stereocenters. The van der Waals surface area contributed by atoms with Gasteiger partial charge >= 0.3 is 0 Å². The minimum Gasteiger partial charge on any atom is -0.496 e. The molecular weight excluding hydrogens is 396 g/mol. The van der Waals surface area contributed by atoms with Crippen molar-refractivity contribution in [3.05, 3.63) is 50.9 Å². The van der Waals surface area contributed by atoms with Crippen molar-refractivity contribution >= 4 is 33.3 Å². The summed E-state index contributed by atoms with van der Waals surface area (Å²) in [5.41, 5.74) is 1.62. The van der Waals surface area contributed by atoms with Crippen LogP contribution in [-0.2, 0) is 5.75 Å². The van der Waals surface area contributed by atoms with Gasteiger partial charge in [-0.25, -0.2) is 9.66 Å². The van der Waals surface area contributed by atoms with E-state index >= 15 is 0 Å². The van der Waals surface area contributed by atoms with Gasteiger partial charge < -0.3 is 15.6 Å². The molecule has 0 aliphatic carbocycles. The normalized spacial score (nSPS) is 11.2. The third kappa shape index (κ3) is 3.14. The Labute approximate surface area is 168 Å². The van der Waals surface area contributed by atoms with Crippen LogP contribution in [0.2, 0.25) is 0 Å². The molecule has 0 aliphatic rings. The first-order chi connectivity index (χ1) is 13.5. The van der Waals surface area contributed by atoms with Crippen molar-refractivity contribution in [1.29, 1.82) is 0 Å². The Morgan fingerprint density at radius 3 is 2.86 bits per heavy atom. The van der Waals surface area contributed by atoms with Gasteiger partial charge in [-0.3, -0.25) is 4.79 Å². The van der Waals surface area contributed by atoms with Crippen LogP contribution in [0.15, 0.2) is 34.2 Å². The number of hydrogen-bond acceptors (Lipinski definition) is 8. The summed E-state index contributed by atoms with van der Waals surface area (Å²) in [6.45, 7) is 3.93. The molecular formula is C18H18N6O2S2. The van der Waals surface area contributed by atoms with E-state index < -0.39 is 0 Å². The Hall–Kier alpha value is -2.85. The molecule has 0 bridgehead atoms. The summed E-state index contributed by atoms with van der Waals surface area (Å²) in [5.74, 6) is 8.35. The molecule has 0 saturated heterocycles. The maximum atomic E-state index is 12.4. The standard InChI is InChI=1S/C18H18N6O2S2/c1-9-10(2)28-17-14(9)16(25)20-13(21-17)8-27-18-23-22-15(24(18)19)11-6-4-5-7-12(11)26-3/h4-7H,8,19H2,1-3H3,(H,20,21,25). The number of hydrogen-bond donors (Lipinski definition) is 2. The molecule has 8 nitrogen and oxygen atoms in total. The molecule has 4 aromatic rings. The molecule has 0 spiro atoms. The zero-order chi connectivity index (χ0) is 19.8. The second-order valence-corrected chi connectivity index (χ2v) is 8.29. The van der Waals surface area contributed by atoms with Crippen molar-refractivity contribution in [2.75, 3.05) is 13.0 Å². The Bertz CT molecular complexity index is 1230. The van der Waals surface area contributed by atoms with Gasteiger partial charge in [-0.05, 0) is 31.5 Å². The van der Waals surface area contributed by atoms with E-state index in [1.54, 1.807) is 7.11 Å². The van der Waals surface area contributed by atoms with Crippen LogP contribution in [0.5, 0.6) is 5.75 Å². The molecule has 0 radical (unpaired) electrons. The molecule has 3 N–H and O–H groups in total. The van der Waals surface area contributed by atoms with Gasteiger partial charge in [0.1, 0.15) is 16.4 Å². The third-order valence-electron chi connectivity index (χ3n) is 4.44. The predicted octanol–water partition coefficient (Wildman–Crippen LogP) is 2.87. The number of thioether (sulfide) groups is 1. The number of aromatic amines is 1. The molecule has 1 aromatic carbocycles. The predicted molar refractivity (Wildman–Crippen MR) is 111 cm³/mol. The molecule has 10 heteroatoms. The van der Waals surface area contributed by atoms with Crippen LogP contribution < -0.4 is 16.1 Å². The second-order valence-electron chi connectivity index (χ2n) is 6.14. The first kappa shape index (κ1) is 18.5. The average Bonchev–Trinajstić information content (AvgIpc) is 3.19. The number of nitrogens with zero attached hydrogens (tertiary/aromatic N) is 4. The molecule has 0 saturated carbocycles. The van der Waals surface area contributed by atoms with Crippen molar-refractivity contribution in [1.82, 2.24) is 24.8 Å². The molecule has 28 heavy (non-hydrogen) atoms. The van der Waals surface area contributed by atoms with E-state index in [4.69, 9.17) is 10.6 Å². The maximum absolute atomic E-state index is 12.4. The smallest absolute Gasteiger partial charge is 0.259 e. The topological polar surface area (TPSA) is 112 Å². The van der Waals surface area contributed by atoms with Crippen LogP contribution in [0.1, 0.15) is 16.3 Å². The van der Waals surface area contributed by atoms with Crippen molar-refractivity contribution in [3.63, 3.8) is 0 Å². The van der Waals surface area contributed by atoms with E-state index in [2.05, 4.69) is 20.2 Å². The molecule has 144 valence electrons. The fraction of sp³-hybridized carbons (Fsp3) is 0.222. The number of methoxy groups -OCH3 is 1. The minimum atomic E-state index is -0.119. The molecule has 0 unspecified atom stereocenters. The number of para-hydroxylation sites is 1. The van der Waals surface area contributed by atoms with Crippen molar-refractivity contribution in [3.8, 4) is 17.1 Å². The SMILES string of the molecule is COc1ccccc1-c1nnc(SCc2nc3sc(C)c(C)c3c(=O)[nH]2)n1N. The van der Waals surface area contributed by atoms with Gasteiger partial charge in [0.25, 0.3) is 5.56 Å².